The largest absolute Gasteiger partial charge is 0.349 e. The molecule has 2 aromatic rings. The molecule has 7 nitrogen and oxygen atoms in total. The van der Waals surface area contributed by atoms with Crippen LogP contribution in [0, 0.1) is 5.92 Å². The molecule has 1 atom stereocenters. The summed E-state index contributed by atoms with van der Waals surface area (Å²) in [6.45, 7) is 2.46. The zero-order valence-corrected chi connectivity index (χ0v) is 17.6. The Balaban J connectivity index is 1.53. The molecular weight excluding hydrogens is 404 g/mol. The molecule has 3 rings (SSSR count). The molecule has 1 aromatic carbocycles. The normalized spacial score (nSPS) is 15.3. The molecule has 2 N–H and O–H groups in total. The van der Waals surface area contributed by atoms with E-state index >= 15 is 0 Å². The van der Waals surface area contributed by atoms with Gasteiger partial charge in [-0.25, -0.2) is 4.98 Å². The SMILES string of the molecule is CC(=O)NC(CC(=O)N1CCC(C(=O)Nc2ccc(Cl)cn2)CC1)c1ccccc1. The minimum atomic E-state index is -0.367. The van der Waals surface area contributed by atoms with Gasteiger partial charge in [0.25, 0.3) is 0 Å². The summed E-state index contributed by atoms with van der Waals surface area (Å²) < 4.78 is 0. The second kappa shape index (κ2) is 10.2. The van der Waals surface area contributed by atoms with Gasteiger partial charge in [0.15, 0.2) is 0 Å². The third-order valence-electron chi connectivity index (χ3n) is 5.16. The Hall–Kier alpha value is -2.93. The van der Waals surface area contributed by atoms with Crippen LogP contribution in [0.3, 0.4) is 0 Å². The van der Waals surface area contributed by atoms with Gasteiger partial charge in [-0.2, -0.15) is 0 Å². The van der Waals surface area contributed by atoms with Gasteiger partial charge in [-0.05, 0) is 30.5 Å². The molecule has 2 heterocycles. The quantitative estimate of drug-likeness (QED) is 0.739. The lowest BCUT2D eigenvalue weighted by Gasteiger charge is -2.32. The van der Waals surface area contributed by atoms with E-state index in [1.807, 2.05) is 30.3 Å². The Bertz CT molecular complexity index is 881. The highest BCUT2D eigenvalue weighted by molar-refractivity contribution is 6.30. The second-order valence-electron chi connectivity index (χ2n) is 7.37. The summed E-state index contributed by atoms with van der Waals surface area (Å²) in [6.07, 6.45) is 2.84. The van der Waals surface area contributed by atoms with Crippen LogP contribution in [-0.2, 0) is 14.4 Å². The zero-order valence-electron chi connectivity index (χ0n) is 16.8. The van der Waals surface area contributed by atoms with Gasteiger partial charge >= 0.3 is 0 Å². The lowest BCUT2D eigenvalue weighted by molar-refractivity contribution is -0.135. The fourth-order valence-corrected chi connectivity index (χ4v) is 3.67. The fraction of sp³-hybridized carbons (Fsp3) is 0.364. The first-order valence-corrected chi connectivity index (χ1v) is 10.3. The van der Waals surface area contributed by atoms with Crippen LogP contribution >= 0.6 is 11.6 Å². The Morgan fingerprint density at radius 1 is 1.13 bits per heavy atom. The minimum absolute atomic E-state index is 0.0316. The second-order valence-corrected chi connectivity index (χ2v) is 7.81. The van der Waals surface area contributed by atoms with Crippen LogP contribution in [0.4, 0.5) is 5.82 Å². The topological polar surface area (TPSA) is 91.4 Å². The van der Waals surface area contributed by atoms with E-state index in [0.29, 0.717) is 36.8 Å². The first-order chi connectivity index (χ1) is 14.4. The van der Waals surface area contributed by atoms with Crippen LogP contribution in [0.25, 0.3) is 0 Å². The molecule has 1 unspecified atom stereocenters. The van der Waals surface area contributed by atoms with Crippen molar-refractivity contribution >= 4 is 35.1 Å². The molecule has 1 aliphatic heterocycles. The number of nitrogens with zero attached hydrogens (tertiary/aromatic N) is 2. The van der Waals surface area contributed by atoms with Crippen molar-refractivity contribution in [3.05, 3.63) is 59.2 Å². The maximum absolute atomic E-state index is 12.8. The van der Waals surface area contributed by atoms with Crippen molar-refractivity contribution in [1.82, 2.24) is 15.2 Å². The van der Waals surface area contributed by atoms with Crippen LogP contribution in [-0.4, -0.2) is 40.7 Å². The predicted molar refractivity (Wildman–Crippen MR) is 115 cm³/mol. The number of anilines is 1. The Morgan fingerprint density at radius 2 is 1.83 bits per heavy atom. The number of nitrogens with one attached hydrogen (secondary N) is 2. The van der Waals surface area contributed by atoms with E-state index in [1.54, 1.807) is 17.0 Å². The first-order valence-electron chi connectivity index (χ1n) is 9.94. The van der Waals surface area contributed by atoms with Gasteiger partial charge in [-0.3, -0.25) is 14.4 Å². The van der Waals surface area contributed by atoms with Gasteiger partial charge in [0.1, 0.15) is 5.82 Å². The van der Waals surface area contributed by atoms with Crippen LogP contribution < -0.4 is 10.6 Å². The Labute approximate surface area is 180 Å². The Morgan fingerprint density at radius 3 is 2.43 bits per heavy atom. The summed E-state index contributed by atoms with van der Waals surface area (Å²) in [6, 6.07) is 12.4. The number of amides is 3. The summed E-state index contributed by atoms with van der Waals surface area (Å²) in [5, 5.41) is 6.16. The van der Waals surface area contributed by atoms with E-state index in [0.717, 1.165) is 5.56 Å². The number of aromatic nitrogens is 1. The van der Waals surface area contributed by atoms with Crippen molar-refractivity contribution in [2.75, 3.05) is 18.4 Å². The van der Waals surface area contributed by atoms with Crippen LogP contribution in [0.15, 0.2) is 48.7 Å². The summed E-state index contributed by atoms with van der Waals surface area (Å²) >= 11 is 5.81. The molecule has 3 amide bonds. The van der Waals surface area contributed by atoms with Crippen LogP contribution in [0.5, 0.6) is 0 Å². The molecule has 0 radical (unpaired) electrons. The summed E-state index contributed by atoms with van der Waals surface area (Å²) in [5.41, 5.74) is 0.894. The average molecular weight is 429 g/mol. The molecule has 1 aromatic heterocycles. The fourth-order valence-electron chi connectivity index (χ4n) is 3.56. The molecule has 158 valence electrons. The van der Waals surface area contributed by atoms with E-state index in [2.05, 4.69) is 15.6 Å². The zero-order chi connectivity index (χ0) is 21.5. The Kier molecular flexibility index (Phi) is 7.41. The predicted octanol–water partition coefficient (Wildman–Crippen LogP) is 3.18. The lowest BCUT2D eigenvalue weighted by Crippen LogP contribution is -2.43. The van der Waals surface area contributed by atoms with Gasteiger partial charge in [0, 0.05) is 32.1 Å². The number of carbonyl (C=O) groups excluding carboxylic acids is 3. The smallest absolute Gasteiger partial charge is 0.228 e. The monoisotopic (exact) mass is 428 g/mol. The highest BCUT2D eigenvalue weighted by atomic mass is 35.5. The molecule has 0 bridgehead atoms. The number of halogens is 1. The minimum Gasteiger partial charge on any atom is -0.349 e. The maximum atomic E-state index is 12.8. The highest BCUT2D eigenvalue weighted by Gasteiger charge is 2.29. The van der Waals surface area contributed by atoms with Crippen molar-refractivity contribution in [2.24, 2.45) is 5.92 Å². The number of piperidine rings is 1. The molecule has 0 saturated carbocycles. The third-order valence-corrected chi connectivity index (χ3v) is 5.38. The molecule has 1 fully saturated rings. The van der Waals surface area contributed by atoms with Crippen molar-refractivity contribution in [3.8, 4) is 0 Å². The molecular formula is C22H25ClN4O3. The summed E-state index contributed by atoms with van der Waals surface area (Å²) in [7, 11) is 0. The molecule has 1 saturated heterocycles. The van der Waals surface area contributed by atoms with E-state index in [4.69, 9.17) is 11.6 Å². The summed E-state index contributed by atoms with van der Waals surface area (Å²) in [4.78, 5) is 42.7. The van der Waals surface area contributed by atoms with Crippen molar-refractivity contribution in [2.45, 2.75) is 32.2 Å². The van der Waals surface area contributed by atoms with E-state index in [-0.39, 0.29) is 36.1 Å². The number of benzene rings is 1. The average Bonchev–Trinajstić information content (AvgIpc) is 2.75. The lowest BCUT2D eigenvalue weighted by atomic mass is 9.95. The number of hydrogen-bond acceptors (Lipinski definition) is 4. The highest BCUT2D eigenvalue weighted by Crippen LogP contribution is 2.23. The van der Waals surface area contributed by atoms with Crippen molar-refractivity contribution in [3.63, 3.8) is 0 Å². The van der Waals surface area contributed by atoms with Crippen molar-refractivity contribution < 1.29 is 14.4 Å². The summed E-state index contributed by atoms with van der Waals surface area (Å²) in [5.74, 6) is -0.0216. The van der Waals surface area contributed by atoms with Gasteiger partial charge in [0.2, 0.25) is 17.7 Å². The van der Waals surface area contributed by atoms with Crippen molar-refractivity contribution in [1.29, 1.82) is 0 Å². The first kappa shape index (κ1) is 21.8. The van der Waals surface area contributed by atoms with E-state index < -0.39 is 0 Å². The van der Waals surface area contributed by atoms with E-state index in [1.165, 1.54) is 13.1 Å². The van der Waals surface area contributed by atoms with Gasteiger partial charge in [-0.1, -0.05) is 41.9 Å². The molecule has 1 aliphatic rings. The van der Waals surface area contributed by atoms with Crippen LogP contribution in [0.1, 0.15) is 37.8 Å². The molecule has 0 aliphatic carbocycles. The number of hydrogen-bond donors (Lipinski definition) is 2. The number of pyridine rings is 1. The third kappa shape index (κ3) is 6.03. The molecule has 0 spiro atoms. The van der Waals surface area contributed by atoms with Crippen LogP contribution in [0.2, 0.25) is 5.02 Å². The molecule has 30 heavy (non-hydrogen) atoms. The van der Waals surface area contributed by atoms with Gasteiger partial charge < -0.3 is 15.5 Å². The van der Waals surface area contributed by atoms with Gasteiger partial charge in [-0.15, -0.1) is 0 Å². The molecule has 8 heteroatoms. The standard InChI is InChI=1S/C22H25ClN4O3/c1-15(28)25-19(16-5-3-2-4-6-16)13-21(29)27-11-9-17(10-12-27)22(30)26-20-8-7-18(23)14-24-20/h2-8,14,17,19H,9-13H2,1H3,(H,25,28)(H,24,26,30). The maximum Gasteiger partial charge on any atom is 0.228 e. The number of likely N-dealkylation sites (tertiary alicyclic amines) is 1. The number of carbonyl (C=O) groups is 3. The van der Waals surface area contributed by atoms with Gasteiger partial charge in [0.05, 0.1) is 17.5 Å². The van der Waals surface area contributed by atoms with E-state index in [9.17, 15) is 14.4 Å². The number of rotatable bonds is 6.